The zero-order chi connectivity index (χ0) is 14.8. The van der Waals surface area contributed by atoms with Crippen molar-refractivity contribution in [2.45, 2.75) is 6.54 Å². The van der Waals surface area contributed by atoms with Gasteiger partial charge in [-0.3, -0.25) is 4.79 Å². The normalized spacial score (nSPS) is 14.0. The van der Waals surface area contributed by atoms with Gasteiger partial charge in [-0.1, -0.05) is 18.2 Å². The number of phenols is 1. The van der Waals surface area contributed by atoms with Gasteiger partial charge in [-0.25, -0.2) is 0 Å². The Kier molecular flexibility index (Phi) is 3.84. The van der Waals surface area contributed by atoms with Crippen LogP contribution in [0.5, 0.6) is 11.5 Å². The van der Waals surface area contributed by atoms with E-state index in [2.05, 4.69) is 15.9 Å². The molecule has 0 aliphatic carbocycles. The van der Waals surface area contributed by atoms with Gasteiger partial charge in [-0.2, -0.15) is 0 Å². The number of para-hydroxylation sites is 1. The number of carbonyl (C=O) groups excluding carboxylic acids is 1. The van der Waals surface area contributed by atoms with Crippen LogP contribution in [0.15, 0.2) is 46.9 Å². The van der Waals surface area contributed by atoms with E-state index in [9.17, 15) is 9.90 Å². The summed E-state index contributed by atoms with van der Waals surface area (Å²) < 4.78 is 6.23. The maximum atomic E-state index is 12.6. The Bertz CT molecular complexity index is 687. The molecule has 0 fully saturated rings. The van der Waals surface area contributed by atoms with E-state index >= 15 is 0 Å². The second-order valence-electron chi connectivity index (χ2n) is 4.85. The maximum Gasteiger partial charge on any atom is 0.254 e. The lowest BCUT2D eigenvalue weighted by Gasteiger charge is -2.20. The molecule has 0 unspecified atom stereocenters. The molecule has 21 heavy (non-hydrogen) atoms. The summed E-state index contributed by atoms with van der Waals surface area (Å²) >= 11 is 3.21. The molecule has 1 aliphatic rings. The first-order valence-corrected chi connectivity index (χ1v) is 7.43. The molecule has 0 radical (unpaired) electrons. The van der Waals surface area contributed by atoms with Crippen LogP contribution in [0.2, 0.25) is 0 Å². The number of aromatic hydroxyl groups is 1. The maximum absolute atomic E-state index is 12.6. The van der Waals surface area contributed by atoms with Crippen molar-refractivity contribution in [2.24, 2.45) is 0 Å². The third-order valence-corrected chi connectivity index (χ3v) is 4.10. The zero-order valence-electron chi connectivity index (χ0n) is 11.3. The minimum Gasteiger partial charge on any atom is -0.507 e. The first-order chi connectivity index (χ1) is 10.1. The first kappa shape index (κ1) is 13.9. The van der Waals surface area contributed by atoms with E-state index in [1.165, 1.54) is 6.07 Å². The molecular formula is C16H14BrNO3. The van der Waals surface area contributed by atoms with E-state index in [4.69, 9.17) is 4.74 Å². The summed E-state index contributed by atoms with van der Waals surface area (Å²) in [6, 6.07) is 12.6. The van der Waals surface area contributed by atoms with Crippen molar-refractivity contribution >= 4 is 21.8 Å². The molecular weight excluding hydrogens is 334 g/mol. The minimum atomic E-state index is -0.113. The Morgan fingerprint density at radius 3 is 2.86 bits per heavy atom. The molecule has 0 atom stereocenters. The van der Waals surface area contributed by atoms with E-state index < -0.39 is 0 Å². The quantitative estimate of drug-likeness (QED) is 0.861. The highest BCUT2D eigenvalue weighted by molar-refractivity contribution is 9.10. The monoisotopic (exact) mass is 347 g/mol. The summed E-state index contributed by atoms with van der Waals surface area (Å²) in [6.07, 6.45) is 0. The molecule has 5 heteroatoms. The standard InChI is InChI=1S/C16H14BrNO3/c17-13-6-5-11(9-14(13)19)16(20)18-7-8-21-15-4-2-1-3-12(15)10-18/h1-6,9,19H,7-8,10H2. The Morgan fingerprint density at radius 2 is 2.05 bits per heavy atom. The number of phenolic OH excluding ortho intramolecular Hbond substituents is 1. The number of nitrogens with zero attached hydrogens (tertiary/aromatic N) is 1. The molecule has 3 rings (SSSR count). The largest absolute Gasteiger partial charge is 0.507 e. The fraction of sp³-hybridized carbons (Fsp3) is 0.188. The van der Waals surface area contributed by atoms with Crippen LogP contribution in [-0.4, -0.2) is 29.1 Å². The second kappa shape index (κ2) is 5.77. The number of halogens is 1. The summed E-state index contributed by atoms with van der Waals surface area (Å²) in [5.41, 5.74) is 1.46. The van der Waals surface area contributed by atoms with E-state index in [1.807, 2.05) is 24.3 Å². The van der Waals surface area contributed by atoms with Crippen molar-refractivity contribution in [2.75, 3.05) is 13.2 Å². The van der Waals surface area contributed by atoms with Crippen LogP contribution in [0.3, 0.4) is 0 Å². The van der Waals surface area contributed by atoms with Crippen LogP contribution in [0.25, 0.3) is 0 Å². The summed E-state index contributed by atoms with van der Waals surface area (Å²) in [7, 11) is 0. The third kappa shape index (κ3) is 2.88. The van der Waals surface area contributed by atoms with Gasteiger partial charge in [0, 0.05) is 17.7 Å². The average Bonchev–Trinajstić information content (AvgIpc) is 2.71. The van der Waals surface area contributed by atoms with Crippen molar-refractivity contribution in [3.8, 4) is 11.5 Å². The highest BCUT2D eigenvalue weighted by Gasteiger charge is 2.21. The van der Waals surface area contributed by atoms with Gasteiger partial charge in [-0.15, -0.1) is 0 Å². The van der Waals surface area contributed by atoms with Crippen molar-refractivity contribution in [1.82, 2.24) is 4.90 Å². The van der Waals surface area contributed by atoms with Gasteiger partial charge in [0.2, 0.25) is 0 Å². The molecule has 4 nitrogen and oxygen atoms in total. The number of hydrogen-bond donors (Lipinski definition) is 1. The number of carbonyl (C=O) groups is 1. The lowest BCUT2D eigenvalue weighted by molar-refractivity contribution is 0.0733. The fourth-order valence-corrected chi connectivity index (χ4v) is 2.57. The van der Waals surface area contributed by atoms with Gasteiger partial charge in [0.05, 0.1) is 11.0 Å². The predicted molar refractivity (Wildman–Crippen MR) is 82.5 cm³/mol. The highest BCUT2D eigenvalue weighted by Crippen LogP contribution is 2.27. The zero-order valence-corrected chi connectivity index (χ0v) is 12.8. The Hall–Kier alpha value is -2.01. The Labute approximate surface area is 131 Å². The first-order valence-electron chi connectivity index (χ1n) is 6.63. The molecule has 0 bridgehead atoms. The van der Waals surface area contributed by atoms with Gasteiger partial charge in [0.1, 0.15) is 18.1 Å². The van der Waals surface area contributed by atoms with E-state index in [-0.39, 0.29) is 11.7 Å². The van der Waals surface area contributed by atoms with Crippen LogP contribution >= 0.6 is 15.9 Å². The lowest BCUT2D eigenvalue weighted by Crippen LogP contribution is -2.32. The number of fused-ring (bicyclic) bond motifs is 1. The van der Waals surface area contributed by atoms with E-state index in [0.29, 0.717) is 29.7 Å². The van der Waals surface area contributed by atoms with E-state index in [0.717, 1.165) is 11.3 Å². The van der Waals surface area contributed by atoms with Crippen LogP contribution < -0.4 is 4.74 Å². The minimum absolute atomic E-state index is 0.0623. The molecule has 1 heterocycles. The van der Waals surface area contributed by atoms with Gasteiger partial charge in [0.15, 0.2) is 0 Å². The molecule has 1 N–H and O–H groups in total. The average molecular weight is 348 g/mol. The van der Waals surface area contributed by atoms with Crippen molar-refractivity contribution in [3.05, 3.63) is 58.1 Å². The highest BCUT2D eigenvalue weighted by atomic mass is 79.9. The van der Waals surface area contributed by atoms with Crippen LogP contribution in [0, 0.1) is 0 Å². The molecule has 2 aromatic carbocycles. The van der Waals surface area contributed by atoms with Crippen molar-refractivity contribution in [3.63, 3.8) is 0 Å². The summed E-state index contributed by atoms with van der Waals surface area (Å²) in [5, 5.41) is 9.72. The number of amides is 1. The molecule has 0 saturated heterocycles. The number of hydrogen-bond acceptors (Lipinski definition) is 3. The van der Waals surface area contributed by atoms with Crippen molar-refractivity contribution in [1.29, 1.82) is 0 Å². The lowest BCUT2D eigenvalue weighted by atomic mass is 10.1. The molecule has 1 aliphatic heterocycles. The second-order valence-corrected chi connectivity index (χ2v) is 5.70. The van der Waals surface area contributed by atoms with Gasteiger partial charge < -0.3 is 14.7 Å². The fourth-order valence-electron chi connectivity index (χ4n) is 2.33. The smallest absolute Gasteiger partial charge is 0.254 e. The number of rotatable bonds is 1. The predicted octanol–water partition coefficient (Wildman–Crippen LogP) is 3.19. The van der Waals surface area contributed by atoms with Gasteiger partial charge in [-0.05, 0) is 40.2 Å². The molecule has 0 spiro atoms. The van der Waals surface area contributed by atoms with E-state index in [1.54, 1.807) is 17.0 Å². The van der Waals surface area contributed by atoms with Gasteiger partial charge >= 0.3 is 0 Å². The molecule has 1 amide bonds. The van der Waals surface area contributed by atoms with Crippen LogP contribution in [0.1, 0.15) is 15.9 Å². The molecule has 0 saturated carbocycles. The van der Waals surface area contributed by atoms with Crippen LogP contribution in [-0.2, 0) is 6.54 Å². The topological polar surface area (TPSA) is 49.8 Å². The number of benzene rings is 2. The third-order valence-electron chi connectivity index (χ3n) is 3.43. The molecule has 0 aromatic heterocycles. The van der Waals surface area contributed by atoms with Gasteiger partial charge in [0.25, 0.3) is 5.91 Å². The Morgan fingerprint density at radius 1 is 1.24 bits per heavy atom. The summed E-state index contributed by atoms with van der Waals surface area (Å²) in [4.78, 5) is 14.3. The molecule has 2 aromatic rings. The number of ether oxygens (including phenoxy) is 1. The molecule has 108 valence electrons. The summed E-state index contributed by atoms with van der Waals surface area (Å²) in [5.74, 6) is 0.775. The SMILES string of the molecule is O=C(c1ccc(Br)c(O)c1)N1CCOc2ccccc2C1. The Balaban J connectivity index is 1.86. The summed E-state index contributed by atoms with van der Waals surface area (Å²) in [6.45, 7) is 1.49. The van der Waals surface area contributed by atoms with Crippen LogP contribution in [0.4, 0.5) is 0 Å². The van der Waals surface area contributed by atoms with Crippen molar-refractivity contribution < 1.29 is 14.6 Å².